The van der Waals surface area contributed by atoms with Crippen molar-refractivity contribution >= 4 is 17.6 Å². The lowest BCUT2D eigenvalue weighted by atomic mass is 9.94. The fourth-order valence-electron chi connectivity index (χ4n) is 2.83. The molecule has 21 heavy (non-hydrogen) atoms. The second-order valence-electron chi connectivity index (χ2n) is 5.43. The molecule has 0 saturated carbocycles. The van der Waals surface area contributed by atoms with Gasteiger partial charge in [-0.05, 0) is 44.5 Å². The van der Waals surface area contributed by atoms with E-state index >= 15 is 0 Å². The van der Waals surface area contributed by atoms with Gasteiger partial charge in [-0.3, -0.25) is 14.5 Å². The maximum atomic E-state index is 12.2. The van der Waals surface area contributed by atoms with Crippen molar-refractivity contribution in [2.24, 2.45) is 5.92 Å². The summed E-state index contributed by atoms with van der Waals surface area (Å²) in [4.78, 5) is 25.3. The quantitative estimate of drug-likeness (QED) is 0.872. The van der Waals surface area contributed by atoms with Crippen LogP contribution in [0.2, 0.25) is 0 Å². The molecule has 0 spiro atoms. The Morgan fingerprint density at radius 2 is 1.90 bits per heavy atom. The van der Waals surface area contributed by atoms with Crippen LogP contribution >= 0.6 is 0 Å². The van der Waals surface area contributed by atoms with Crippen molar-refractivity contribution in [3.63, 3.8) is 0 Å². The summed E-state index contributed by atoms with van der Waals surface area (Å²) >= 11 is 0. The molecule has 1 heterocycles. The first-order chi connectivity index (χ1) is 10.1. The number of benzene rings is 1. The summed E-state index contributed by atoms with van der Waals surface area (Å²) in [6.07, 6.45) is 2.01. The van der Waals surface area contributed by atoms with E-state index in [1.807, 2.05) is 42.2 Å². The van der Waals surface area contributed by atoms with E-state index in [9.17, 15) is 14.7 Å². The van der Waals surface area contributed by atoms with Gasteiger partial charge in [-0.2, -0.15) is 0 Å². The third-order valence-electron chi connectivity index (χ3n) is 4.05. The Kier molecular flexibility index (Phi) is 5.33. The Hall–Kier alpha value is -1.88. The number of nitrogens with zero attached hydrogens (tertiary/aromatic N) is 1. The Bertz CT molecular complexity index is 482. The number of carbonyl (C=O) groups is 2. The van der Waals surface area contributed by atoms with Gasteiger partial charge in [0.15, 0.2) is 0 Å². The van der Waals surface area contributed by atoms with Crippen LogP contribution in [-0.4, -0.2) is 41.0 Å². The Labute approximate surface area is 125 Å². The molecule has 1 saturated heterocycles. The highest BCUT2D eigenvalue weighted by Gasteiger charge is 2.30. The average molecular weight is 290 g/mol. The molecule has 114 valence electrons. The molecular formula is C16H22N2O3. The number of piperidine rings is 1. The molecule has 1 atom stereocenters. The largest absolute Gasteiger partial charge is 0.480 e. The minimum Gasteiger partial charge on any atom is -0.480 e. The molecule has 1 aliphatic rings. The van der Waals surface area contributed by atoms with Gasteiger partial charge in [0.05, 0.1) is 0 Å². The molecule has 5 nitrogen and oxygen atoms in total. The number of hydrogen-bond acceptors (Lipinski definition) is 3. The van der Waals surface area contributed by atoms with Crippen molar-refractivity contribution in [1.82, 2.24) is 4.90 Å². The molecule has 1 amide bonds. The Morgan fingerprint density at radius 1 is 1.29 bits per heavy atom. The Balaban J connectivity index is 1.86. The van der Waals surface area contributed by atoms with E-state index in [-0.39, 0.29) is 11.8 Å². The molecule has 0 bridgehead atoms. The van der Waals surface area contributed by atoms with Crippen LogP contribution in [0, 0.1) is 5.92 Å². The number of aliphatic carboxylic acids is 1. The zero-order valence-corrected chi connectivity index (χ0v) is 12.3. The number of carboxylic acid groups (broad SMARTS) is 1. The molecule has 1 aromatic rings. The molecule has 1 fully saturated rings. The number of nitrogens with one attached hydrogen (secondary N) is 1. The SMILES string of the molecule is CCC(C(=O)O)N1CCC(C(=O)Nc2ccccc2)CC1. The average Bonchev–Trinajstić information content (AvgIpc) is 2.49. The number of hydrogen-bond donors (Lipinski definition) is 2. The minimum atomic E-state index is -0.773. The summed E-state index contributed by atoms with van der Waals surface area (Å²) in [5.41, 5.74) is 0.807. The lowest BCUT2D eigenvalue weighted by Gasteiger charge is -2.34. The van der Waals surface area contributed by atoms with Crippen LogP contribution in [0.5, 0.6) is 0 Å². The predicted molar refractivity (Wildman–Crippen MR) is 81.1 cm³/mol. The summed E-state index contributed by atoms with van der Waals surface area (Å²) in [5, 5.41) is 12.1. The van der Waals surface area contributed by atoms with Crippen LogP contribution in [0.15, 0.2) is 30.3 Å². The van der Waals surface area contributed by atoms with Gasteiger partial charge in [0.2, 0.25) is 5.91 Å². The third kappa shape index (κ3) is 4.04. The van der Waals surface area contributed by atoms with E-state index in [1.54, 1.807) is 0 Å². The summed E-state index contributed by atoms with van der Waals surface area (Å²) in [6, 6.07) is 8.98. The number of rotatable bonds is 5. The highest BCUT2D eigenvalue weighted by Crippen LogP contribution is 2.22. The van der Waals surface area contributed by atoms with Crippen LogP contribution < -0.4 is 5.32 Å². The second kappa shape index (κ2) is 7.22. The Morgan fingerprint density at radius 3 is 2.43 bits per heavy atom. The van der Waals surface area contributed by atoms with Gasteiger partial charge < -0.3 is 10.4 Å². The van der Waals surface area contributed by atoms with Crippen LogP contribution in [0.4, 0.5) is 5.69 Å². The number of carbonyl (C=O) groups excluding carboxylic acids is 1. The number of amides is 1. The topological polar surface area (TPSA) is 69.6 Å². The first-order valence-electron chi connectivity index (χ1n) is 7.44. The zero-order chi connectivity index (χ0) is 15.2. The molecule has 1 unspecified atom stereocenters. The lowest BCUT2D eigenvalue weighted by Crippen LogP contribution is -2.46. The number of likely N-dealkylation sites (tertiary alicyclic amines) is 1. The summed E-state index contributed by atoms with van der Waals surface area (Å²) < 4.78 is 0. The number of anilines is 1. The summed E-state index contributed by atoms with van der Waals surface area (Å²) in [6.45, 7) is 3.21. The van der Waals surface area contributed by atoms with Crippen LogP contribution in [0.3, 0.4) is 0 Å². The summed E-state index contributed by atoms with van der Waals surface area (Å²) in [5.74, 6) is -0.776. The van der Waals surface area contributed by atoms with Gasteiger partial charge in [0.1, 0.15) is 6.04 Å². The number of para-hydroxylation sites is 1. The van der Waals surface area contributed by atoms with Gasteiger partial charge in [0.25, 0.3) is 0 Å². The molecule has 0 aliphatic carbocycles. The van der Waals surface area contributed by atoms with E-state index in [2.05, 4.69) is 5.32 Å². The van der Waals surface area contributed by atoms with E-state index in [0.29, 0.717) is 32.4 Å². The van der Waals surface area contributed by atoms with Crippen molar-refractivity contribution in [1.29, 1.82) is 0 Å². The second-order valence-corrected chi connectivity index (χ2v) is 5.43. The monoisotopic (exact) mass is 290 g/mol. The normalized spacial score (nSPS) is 18.1. The fraction of sp³-hybridized carbons (Fsp3) is 0.500. The van der Waals surface area contributed by atoms with Crippen molar-refractivity contribution in [3.8, 4) is 0 Å². The molecule has 2 rings (SSSR count). The predicted octanol–water partition coefficient (Wildman–Crippen LogP) is 2.20. The standard InChI is InChI=1S/C16H22N2O3/c1-2-14(16(20)21)18-10-8-12(9-11-18)15(19)17-13-6-4-3-5-7-13/h3-7,12,14H,2,8-11H2,1H3,(H,17,19)(H,20,21). The summed E-state index contributed by atoms with van der Waals surface area (Å²) in [7, 11) is 0. The van der Waals surface area contributed by atoms with Crippen LogP contribution in [-0.2, 0) is 9.59 Å². The molecule has 0 aromatic heterocycles. The molecular weight excluding hydrogens is 268 g/mol. The van der Waals surface area contributed by atoms with Gasteiger partial charge in [0, 0.05) is 11.6 Å². The van der Waals surface area contributed by atoms with Crippen molar-refractivity contribution in [2.45, 2.75) is 32.2 Å². The number of carboxylic acids is 1. The highest BCUT2D eigenvalue weighted by molar-refractivity contribution is 5.92. The van der Waals surface area contributed by atoms with Crippen molar-refractivity contribution < 1.29 is 14.7 Å². The third-order valence-corrected chi connectivity index (χ3v) is 4.05. The van der Waals surface area contributed by atoms with Crippen molar-refractivity contribution in [3.05, 3.63) is 30.3 Å². The van der Waals surface area contributed by atoms with Gasteiger partial charge in [-0.15, -0.1) is 0 Å². The van der Waals surface area contributed by atoms with E-state index in [4.69, 9.17) is 0 Å². The minimum absolute atomic E-state index is 0.0317. The van der Waals surface area contributed by atoms with Gasteiger partial charge in [-0.25, -0.2) is 0 Å². The molecule has 5 heteroatoms. The van der Waals surface area contributed by atoms with Crippen LogP contribution in [0.1, 0.15) is 26.2 Å². The lowest BCUT2D eigenvalue weighted by molar-refractivity contribution is -0.144. The molecule has 1 aliphatic heterocycles. The molecule has 2 N–H and O–H groups in total. The van der Waals surface area contributed by atoms with Gasteiger partial charge >= 0.3 is 5.97 Å². The molecule has 1 aromatic carbocycles. The highest BCUT2D eigenvalue weighted by atomic mass is 16.4. The molecule has 0 radical (unpaired) electrons. The first-order valence-corrected chi connectivity index (χ1v) is 7.44. The smallest absolute Gasteiger partial charge is 0.320 e. The van der Waals surface area contributed by atoms with E-state index < -0.39 is 12.0 Å². The maximum absolute atomic E-state index is 12.2. The fourth-order valence-corrected chi connectivity index (χ4v) is 2.83. The first kappa shape index (κ1) is 15.5. The zero-order valence-electron chi connectivity index (χ0n) is 12.3. The maximum Gasteiger partial charge on any atom is 0.320 e. The van der Waals surface area contributed by atoms with Crippen LogP contribution in [0.25, 0.3) is 0 Å². The van der Waals surface area contributed by atoms with E-state index in [1.165, 1.54) is 0 Å². The van der Waals surface area contributed by atoms with Gasteiger partial charge in [-0.1, -0.05) is 25.1 Å². The van der Waals surface area contributed by atoms with E-state index in [0.717, 1.165) is 5.69 Å². The van der Waals surface area contributed by atoms with Crippen molar-refractivity contribution in [2.75, 3.05) is 18.4 Å².